The molecule has 1 amide bonds. The predicted octanol–water partition coefficient (Wildman–Crippen LogP) is 2.54. The normalized spacial score (nSPS) is 16.6. The SMILES string of the molecule is O=C(c1cc(Cl)ccc1OC(F)F)N1CCC(O)CC1. The third-order valence-electron chi connectivity index (χ3n) is 3.14. The van der Waals surface area contributed by atoms with Crippen LogP contribution in [0.3, 0.4) is 0 Å². The fourth-order valence-corrected chi connectivity index (χ4v) is 2.28. The van der Waals surface area contributed by atoms with Gasteiger partial charge in [0.15, 0.2) is 0 Å². The lowest BCUT2D eigenvalue weighted by atomic mass is 10.1. The minimum absolute atomic E-state index is 0.00851. The summed E-state index contributed by atoms with van der Waals surface area (Å²) in [7, 11) is 0. The van der Waals surface area contributed by atoms with Crippen molar-refractivity contribution in [2.45, 2.75) is 25.6 Å². The molecule has 1 heterocycles. The second kappa shape index (κ2) is 6.37. The third kappa shape index (κ3) is 3.58. The molecule has 4 nitrogen and oxygen atoms in total. The van der Waals surface area contributed by atoms with Crippen molar-refractivity contribution in [3.8, 4) is 5.75 Å². The maximum atomic E-state index is 12.3. The number of carbonyl (C=O) groups is 1. The number of rotatable bonds is 3. The van der Waals surface area contributed by atoms with Crippen molar-refractivity contribution in [1.82, 2.24) is 4.90 Å². The summed E-state index contributed by atoms with van der Waals surface area (Å²) >= 11 is 5.81. The molecule has 110 valence electrons. The van der Waals surface area contributed by atoms with Gasteiger partial charge in [-0.2, -0.15) is 8.78 Å². The Morgan fingerprint density at radius 2 is 2.05 bits per heavy atom. The molecule has 0 radical (unpaired) electrons. The lowest BCUT2D eigenvalue weighted by Gasteiger charge is -2.30. The minimum Gasteiger partial charge on any atom is -0.434 e. The Labute approximate surface area is 119 Å². The van der Waals surface area contributed by atoms with Gasteiger partial charge < -0.3 is 14.7 Å². The molecule has 0 aliphatic carbocycles. The second-order valence-corrected chi connectivity index (χ2v) is 4.98. The number of aliphatic hydroxyl groups is 1. The first-order valence-electron chi connectivity index (χ1n) is 6.19. The Morgan fingerprint density at radius 1 is 1.40 bits per heavy atom. The Bertz CT molecular complexity index is 491. The number of piperidine rings is 1. The van der Waals surface area contributed by atoms with Crippen LogP contribution in [-0.4, -0.2) is 41.7 Å². The van der Waals surface area contributed by atoms with Crippen molar-refractivity contribution in [2.75, 3.05) is 13.1 Å². The van der Waals surface area contributed by atoms with E-state index in [1.807, 2.05) is 0 Å². The number of carbonyl (C=O) groups excluding carboxylic acids is 1. The number of alkyl halides is 2. The average molecular weight is 306 g/mol. The van der Waals surface area contributed by atoms with E-state index in [0.717, 1.165) is 0 Å². The summed E-state index contributed by atoms with van der Waals surface area (Å²) in [5, 5.41) is 9.68. The molecule has 0 unspecified atom stereocenters. The first-order chi connectivity index (χ1) is 9.47. The molecule has 1 aromatic rings. The monoisotopic (exact) mass is 305 g/mol. The van der Waals surface area contributed by atoms with Gasteiger partial charge in [-0.25, -0.2) is 0 Å². The zero-order chi connectivity index (χ0) is 14.7. The van der Waals surface area contributed by atoms with Crippen LogP contribution >= 0.6 is 11.6 Å². The molecule has 2 rings (SSSR count). The van der Waals surface area contributed by atoms with Gasteiger partial charge >= 0.3 is 6.61 Å². The summed E-state index contributed by atoms with van der Waals surface area (Å²) in [6, 6.07) is 3.95. The molecule has 0 bridgehead atoms. The number of hydrogen-bond donors (Lipinski definition) is 1. The highest BCUT2D eigenvalue weighted by Crippen LogP contribution is 2.27. The predicted molar refractivity (Wildman–Crippen MR) is 69.2 cm³/mol. The zero-order valence-electron chi connectivity index (χ0n) is 10.6. The quantitative estimate of drug-likeness (QED) is 0.933. The molecule has 0 spiro atoms. The Morgan fingerprint density at radius 3 is 2.65 bits per heavy atom. The molecule has 1 saturated heterocycles. The van der Waals surface area contributed by atoms with E-state index in [4.69, 9.17) is 11.6 Å². The van der Waals surface area contributed by atoms with Crippen molar-refractivity contribution in [3.05, 3.63) is 28.8 Å². The molecule has 1 aliphatic rings. The fourth-order valence-electron chi connectivity index (χ4n) is 2.11. The van der Waals surface area contributed by atoms with Gasteiger partial charge in [-0.3, -0.25) is 4.79 Å². The van der Waals surface area contributed by atoms with Crippen molar-refractivity contribution in [3.63, 3.8) is 0 Å². The van der Waals surface area contributed by atoms with Gasteiger partial charge in [0.2, 0.25) is 0 Å². The van der Waals surface area contributed by atoms with Crippen LogP contribution in [0.25, 0.3) is 0 Å². The Hall–Kier alpha value is -1.40. The lowest BCUT2D eigenvalue weighted by molar-refractivity contribution is -0.0503. The first kappa shape index (κ1) is 15.0. The van der Waals surface area contributed by atoms with Gasteiger partial charge in [0, 0.05) is 18.1 Å². The van der Waals surface area contributed by atoms with Crippen molar-refractivity contribution in [1.29, 1.82) is 0 Å². The fraction of sp³-hybridized carbons (Fsp3) is 0.462. The average Bonchev–Trinajstić information content (AvgIpc) is 2.40. The Kier molecular flexibility index (Phi) is 4.77. The molecule has 1 N–H and O–H groups in total. The van der Waals surface area contributed by atoms with Gasteiger partial charge in [0.1, 0.15) is 5.75 Å². The molecular weight excluding hydrogens is 292 g/mol. The van der Waals surface area contributed by atoms with Crippen LogP contribution in [-0.2, 0) is 0 Å². The van der Waals surface area contributed by atoms with Crippen molar-refractivity contribution in [2.24, 2.45) is 0 Å². The largest absolute Gasteiger partial charge is 0.434 e. The highest BCUT2D eigenvalue weighted by molar-refractivity contribution is 6.31. The van der Waals surface area contributed by atoms with E-state index in [9.17, 15) is 18.7 Å². The number of ether oxygens (including phenoxy) is 1. The molecular formula is C13H14ClF2NO3. The van der Waals surface area contributed by atoms with Crippen molar-refractivity contribution < 1.29 is 23.4 Å². The van der Waals surface area contributed by atoms with E-state index in [0.29, 0.717) is 25.9 Å². The Balaban J connectivity index is 2.21. The summed E-state index contributed by atoms with van der Waals surface area (Å²) in [6.45, 7) is -2.26. The van der Waals surface area contributed by atoms with Crippen LogP contribution in [0.5, 0.6) is 5.75 Å². The van der Waals surface area contributed by atoms with Crippen LogP contribution in [0, 0.1) is 0 Å². The standard InChI is InChI=1S/C13H14ClF2NO3/c14-8-1-2-11(20-13(15)16)10(7-8)12(19)17-5-3-9(18)4-6-17/h1-2,7,9,13,18H,3-6H2. The number of benzene rings is 1. The molecule has 20 heavy (non-hydrogen) atoms. The molecule has 0 saturated carbocycles. The zero-order valence-corrected chi connectivity index (χ0v) is 11.3. The highest BCUT2D eigenvalue weighted by Gasteiger charge is 2.25. The maximum absolute atomic E-state index is 12.3. The van der Waals surface area contributed by atoms with Crippen LogP contribution in [0.2, 0.25) is 5.02 Å². The summed E-state index contributed by atoms with van der Waals surface area (Å²) in [5.41, 5.74) is 0.00851. The van der Waals surface area contributed by atoms with Crippen LogP contribution < -0.4 is 4.74 Å². The summed E-state index contributed by atoms with van der Waals surface area (Å²) < 4.78 is 29.0. The van der Waals surface area contributed by atoms with Gasteiger partial charge in [-0.15, -0.1) is 0 Å². The van der Waals surface area contributed by atoms with Gasteiger partial charge in [0.05, 0.1) is 11.7 Å². The van der Waals surface area contributed by atoms with Crippen LogP contribution in [0.4, 0.5) is 8.78 Å². The van der Waals surface area contributed by atoms with Crippen molar-refractivity contribution >= 4 is 17.5 Å². The summed E-state index contributed by atoms with van der Waals surface area (Å²) in [6.07, 6.45) is 0.518. The summed E-state index contributed by atoms with van der Waals surface area (Å²) in [5.74, 6) is -0.615. The third-order valence-corrected chi connectivity index (χ3v) is 3.37. The van der Waals surface area contributed by atoms with E-state index < -0.39 is 18.6 Å². The molecule has 7 heteroatoms. The van der Waals surface area contributed by atoms with E-state index in [1.54, 1.807) is 0 Å². The number of halogens is 3. The number of likely N-dealkylation sites (tertiary alicyclic amines) is 1. The second-order valence-electron chi connectivity index (χ2n) is 4.54. The van der Waals surface area contributed by atoms with Gasteiger partial charge in [0.25, 0.3) is 5.91 Å². The molecule has 1 aliphatic heterocycles. The molecule has 1 aromatic carbocycles. The molecule has 1 fully saturated rings. The van der Waals surface area contributed by atoms with E-state index in [-0.39, 0.29) is 16.3 Å². The number of hydrogen-bond acceptors (Lipinski definition) is 3. The van der Waals surface area contributed by atoms with Crippen LogP contribution in [0.1, 0.15) is 23.2 Å². The highest BCUT2D eigenvalue weighted by atomic mass is 35.5. The number of amides is 1. The number of nitrogens with zero attached hydrogens (tertiary/aromatic N) is 1. The smallest absolute Gasteiger partial charge is 0.387 e. The topological polar surface area (TPSA) is 49.8 Å². The van der Waals surface area contributed by atoms with Crippen LogP contribution in [0.15, 0.2) is 18.2 Å². The van der Waals surface area contributed by atoms with E-state index >= 15 is 0 Å². The molecule has 0 aromatic heterocycles. The minimum atomic E-state index is -3.01. The molecule has 0 atom stereocenters. The van der Waals surface area contributed by atoms with E-state index in [2.05, 4.69) is 4.74 Å². The van der Waals surface area contributed by atoms with E-state index in [1.165, 1.54) is 23.1 Å². The first-order valence-corrected chi connectivity index (χ1v) is 6.57. The number of aliphatic hydroxyl groups excluding tert-OH is 1. The maximum Gasteiger partial charge on any atom is 0.387 e. The van der Waals surface area contributed by atoms with Gasteiger partial charge in [-0.1, -0.05) is 11.6 Å². The summed E-state index contributed by atoms with van der Waals surface area (Å²) in [4.78, 5) is 13.8. The van der Waals surface area contributed by atoms with Gasteiger partial charge in [-0.05, 0) is 31.0 Å². The lowest BCUT2D eigenvalue weighted by Crippen LogP contribution is -2.40.